The molecule has 0 aliphatic carbocycles. The van der Waals surface area contributed by atoms with Crippen LogP contribution in [-0.2, 0) is 16.1 Å². The monoisotopic (exact) mass is 372 g/mol. The van der Waals surface area contributed by atoms with Crippen LogP contribution in [0.1, 0.15) is 38.7 Å². The van der Waals surface area contributed by atoms with Crippen molar-refractivity contribution in [3.63, 3.8) is 0 Å². The summed E-state index contributed by atoms with van der Waals surface area (Å²) in [4.78, 5) is 29.5. The third-order valence-corrected chi connectivity index (χ3v) is 5.73. The van der Waals surface area contributed by atoms with Crippen molar-refractivity contribution in [3.05, 3.63) is 35.9 Å². The summed E-state index contributed by atoms with van der Waals surface area (Å²) in [5.41, 5.74) is 1.11. The minimum Gasteiger partial charge on any atom is -0.354 e. The number of nitrogens with one attached hydrogen (secondary N) is 2. The van der Waals surface area contributed by atoms with Crippen LogP contribution in [0, 0.1) is 0 Å². The lowest BCUT2D eigenvalue weighted by Crippen LogP contribution is -2.57. The molecule has 1 aromatic carbocycles. The molecule has 2 fully saturated rings. The van der Waals surface area contributed by atoms with Gasteiger partial charge in [-0.2, -0.15) is 0 Å². The molecule has 3 rings (SSSR count). The average Bonchev–Trinajstić information content (AvgIpc) is 3.20. The van der Waals surface area contributed by atoms with Gasteiger partial charge in [-0.3, -0.25) is 19.4 Å². The van der Waals surface area contributed by atoms with E-state index < -0.39 is 6.04 Å². The van der Waals surface area contributed by atoms with Gasteiger partial charge in [-0.05, 0) is 45.3 Å². The van der Waals surface area contributed by atoms with Crippen LogP contribution < -0.4 is 10.6 Å². The highest BCUT2D eigenvalue weighted by atomic mass is 16.2. The molecule has 2 N–H and O–H groups in total. The predicted molar refractivity (Wildman–Crippen MR) is 106 cm³/mol. The number of carbonyl (C=O) groups is 2. The van der Waals surface area contributed by atoms with Crippen LogP contribution in [0.15, 0.2) is 30.3 Å². The van der Waals surface area contributed by atoms with Crippen molar-refractivity contribution in [3.8, 4) is 0 Å². The fourth-order valence-electron chi connectivity index (χ4n) is 3.99. The molecule has 6 heteroatoms. The smallest absolute Gasteiger partial charge is 0.237 e. The normalized spacial score (nSPS) is 21.9. The Hall–Kier alpha value is -1.92. The first kappa shape index (κ1) is 19.8. The fourth-order valence-corrected chi connectivity index (χ4v) is 3.99. The Kier molecular flexibility index (Phi) is 6.50. The highest BCUT2D eigenvalue weighted by Crippen LogP contribution is 2.20. The summed E-state index contributed by atoms with van der Waals surface area (Å²) in [5.74, 6) is -0.103. The lowest BCUT2D eigenvalue weighted by molar-refractivity contribution is -0.134. The van der Waals surface area contributed by atoms with Crippen LogP contribution in [-0.4, -0.2) is 65.9 Å². The standard InChI is InChI=1S/C21H32N4O2/c1-21(2,25-11-6-7-12-25)16-23-19(26)14-18-20(27)22-10-13-24(18)15-17-8-4-3-5-9-17/h3-5,8-9,18H,6-7,10-16H2,1-2H3,(H,22,27)(H,23,26)/t18-/m0/s1. The summed E-state index contributed by atoms with van der Waals surface area (Å²) >= 11 is 0. The van der Waals surface area contributed by atoms with E-state index >= 15 is 0 Å². The Morgan fingerprint density at radius 3 is 2.59 bits per heavy atom. The van der Waals surface area contributed by atoms with Crippen LogP contribution in [0.4, 0.5) is 0 Å². The second-order valence-electron chi connectivity index (χ2n) is 8.25. The highest BCUT2D eigenvalue weighted by Gasteiger charge is 2.33. The summed E-state index contributed by atoms with van der Waals surface area (Å²) in [6, 6.07) is 9.70. The van der Waals surface area contributed by atoms with E-state index in [-0.39, 0.29) is 23.8 Å². The van der Waals surface area contributed by atoms with Gasteiger partial charge in [0.05, 0.1) is 12.5 Å². The van der Waals surface area contributed by atoms with Gasteiger partial charge in [0.25, 0.3) is 0 Å². The molecule has 2 amide bonds. The molecule has 2 aliphatic rings. The van der Waals surface area contributed by atoms with E-state index in [1.807, 2.05) is 18.2 Å². The summed E-state index contributed by atoms with van der Waals surface area (Å²) < 4.78 is 0. The maximum atomic E-state index is 12.6. The van der Waals surface area contributed by atoms with Crippen LogP contribution in [0.2, 0.25) is 0 Å². The first-order valence-corrected chi connectivity index (χ1v) is 10.0. The number of piperazine rings is 1. The molecule has 0 radical (unpaired) electrons. The zero-order chi connectivity index (χ0) is 19.3. The third-order valence-electron chi connectivity index (χ3n) is 5.73. The molecule has 0 aromatic heterocycles. The van der Waals surface area contributed by atoms with Crippen LogP contribution in [0.3, 0.4) is 0 Å². The second-order valence-corrected chi connectivity index (χ2v) is 8.25. The molecule has 0 spiro atoms. The van der Waals surface area contributed by atoms with E-state index in [2.05, 4.69) is 46.4 Å². The average molecular weight is 373 g/mol. The molecule has 2 aliphatic heterocycles. The van der Waals surface area contributed by atoms with Crippen LogP contribution in [0.5, 0.6) is 0 Å². The topological polar surface area (TPSA) is 64.7 Å². The molecular weight excluding hydrogens is 340 g/mol. The van der Waals surface area contributed by atoms with Crippen molar-refractivity contribution in [2.24, 2.45) is 0 Å². The van der Waals surface area contributed by atoms with Crippen molar-refractivity contribution in [1.29, 1.82) is 0 Å². The van der Waals surface area contributed by atoms with Gasteiger partial charge >= 0.3 is 0 Å². The SMILES string of the molecule is CC(C)(CNC(=O)C[C@H]1C(=O)NCCN1Cc1ccccc1)N1CCCC1. The van der Waals surface area contributed by atoms with E-state index in [1.165, 1.54) is 12.8 Å². The summed E-state index contributed by atoms with van der Waals surface area (Å²) in [7, 11) is 0. The van der Waals surface area contributed by atoms with Crippen molar-refractivity contribution in [2.75, 3.05) is 32.7 Å². The summed E-state index contributed by atoms with van der Waals surface area (Å²) in [6.07, 6.45) is 2.66. The summed E-state index contributed by atoms with van der Waals surface area (Å²) in [5, 5.41) is 5.97. The lowest BCUT2D eigenvalue weighted by Gasteiger charge is -2.37. The van der Waals surface area contributed by atoms with Gasteiger partial charge < -0.3 is 10.6 Å². The quantitative estimate of drug-likeness (QED) is 0.759. The first-order chi connectivity index (χ1) is 13.0. The molecular formula is C21H32N4O2. The Morgan fingerprint density at radius 2 is 1.89 bits per heavy atom. The molecule has 2 saturated heterocycles. The number of benzene rings is 1. The third kappa shape index (κ3) is 5.30. The van der Waals surface area contributed by atoms with Crippen molar-refractivity contribution >= 4 is 11.8 Å². The van der Waals surface area contributed by atoms with Gasteiger partial charge in [0.15, 0.2) is 0 Å². The maximum absolute atomic E-state index is 12.6. The van der Waals surface area contributed by atoms with Crippen LogP contribution in [0.25, 0.3) is 0 Å². The van der Waals surface area contributed by atoms with Crippen molar-refractivity contribution in [1.82, 2.24) is 20.4 Å². The zero-order valence-corrected chi connectivity index (χ0v) is 16.5. The molecule has 0 saturated carbocycles. The number of amides is 2. The minimum atomic E-state index is -0.408. The van der Waals surface area contributed by atoms with E-state index in [9.17, 15) is 9.59 Å². The first-order valence-electron chi connectivity index (χ1n) is 10.0. The Bertz CT molecular complexity index is 641. The Morgan fingerprint density at radius 1 is 1.19 bits per heavy atom. The van der Waals surface area contributed by atoms with Gasteiger partial charge in [0, 0.05) is 31.7 Å². The fraction of sp³-hybridized carbons (Fsp3) is 0.619. The molecule has 6 nitrogen and oxygen atoms in total. The molecule has 1 aromatic rings. The highest BCUT2D eigenvalue weighted by molar-refractivity contribution is 5.88. The number of carbonyl (C=O) groups excluding carboxylic acids is 2. The van der Waals surface area contributed by atoms with Gasteiger partial charge in [0.2, 0.25) is 11.8 Å². The largest absolute Gasteiger partial charge is 0.354 e. The van der Waals surface area contributed by atoms with E-state index in [0.29, 0.717) is 19.6 Å². The Labute approximate surface area is 162 Å². The van der Waals surface area contributed by atoms with E-state index in [1.54, 1.807) is 0 Å². The van der Waals surface area contributed by atoms with Crippen molar-refractivity contribution < 1.29 is 9.59 Å². The van der Waals surface area contributed by atoms with E-state index in [0.717, 1.165) is 25.2 Å². The molecule has 148 valence electrons. The predicted octanol–water partition coefficient (Wildman–Crippen LogP) is 1.37. The number of nitrogens with zero attached hydrogens (tertiary/aromatic N) is 2. The molecule has 27 heavy (non-hydrogen) atoms. The second kappa shape index (κ2) is 8.85. The summed E-state index contributed by atoms with van der Waals surface area (Å²) in [6.45, 7) is 9.23. The molecule has 0 unspecified atom stereocenters. The van der Waals surface area contributed by atoms with Crippen LogP contribution >= 0.6 is 0 Å². The number of hydrogen-bond donors (Lipinski definition) is 2. The van der Waals surface area contributed by atoms with Gasteiger partial charge in [-0.15, -0.1) is 0 Å². The number of rotatable bonds is 7. The number of hydrogen-bond acceptors (Lipinski definition) is 4. The number of likely N-dealkylation sites (tertiary alicyclic amines) is 1. The minimum absolute atomic E-state index is 0.0499. The molecule has 2 heterocycles. The van der Waals surface area contributed by atoms with Gasteiger partial charge in [-0.1, -0.05) is 30.3 Å². The maximum Gasteiger partial charge on any atom is 0.237 e. The Balaban J connectivity index is 1.55. The van der Waals surface area contributed by atoms with Crippen molar-refractivity contribution in [2.45, 2.75) is 51.2 Å². The van der Waals surface area contributed by atoms with Gasteiger partial charge in [-0.25, -0.2) is 0 Å². The lowest BCUT2D eigenvalue weighted by atomic mass is 10.0. The molecule has 1 atom stereocenters. The van der Waals surface area contributed by atoms with Gasteiger partial charge in [0.1, 0.15) is 0 Å². The molecule has 0 bridgehead atoms. The van der Waals surface area contributed by atoms with E-state index in [4.69, 9.17) is 0 Å². The zero-order valence-electron chi connectivity index (χ0n) is 16.5.